The number of benzene rings is 1. The van der Waals surface area contributed by atoms with Gasteiger partial charge in [0.2, 0.25) is 15.9 Å². The first-order chi connectivity index (χ1) is 15.4. The monoisotopic (exact) mass is 477 g/mol. The molecule has 0 radical (unpaired) electrons. The van der Waals surface area contributed by atoms with Crippen LogP contribution in [0.25, 0.3) is 11.5 Å². The third-order valence-corrected chi connectivity index (χ3v) is 7.32. The van der Waals surface area contributed by atoms with Gasteiger partial charge >= 0.3 is 0 Å². The SMILES string of the molecule is COc1cc(OC)cc(-c2nn(CN3CCN(S(=O)(=O)c4cccnc4)CC3)c(=S)o2)c1. The molecule has 1 fully saturated rings. The number of aromatic nitrogens is 3. The predicted octanol–water partition coefficient (Wildman–Crippen LogP) is 2.25. The van der Waals surface area contributed by atoms with Crippen molar-refractivity contribution in [1.82, 2.24) is 24.0 Å². The van der Waals surface area contributed by atoms with Crippen molar-refractivity contribution in [3.05, 3.63) is 47.6 Å². The van der Waals surface area contributed by atoms with E-state index in [1.807, 2.05) is 0 Å². The summed E-state index contributed by atoms with van der Waals surface area (Å²) in [5.41, 5.74) is 0.679. The van der Waals surface area contributed by atoms with Crippen LogP contribution in [0.1, 0.15) is 0 Å². The van der Waals surface area contributed by atoms with Crippen LogP contribution in [-0.2, 0) is 16.7 Å². The third-order valence-electron chi connectivity index (χ3n) is 5.14. The Bertz CT molecular complexity index is 1210. The second kappa shape index (κ2) is 9.36. The molecular formula is C20H23N5O5S2. The number of pyridine rings is 1. The van der Waals surface area contributed by atoms with Crippen LogP contribution in [-0.4, -0.2) is 72.8 Å². The van der Waals surface area contributed by atoms with Crippen molar-refractivity contribution in [2.45, 2.75) is 11.6 Å². The van der Waals surface area contributed by atoms with E-state index in [9.17, 15) is 8.42 Å². The Morgan fingerprint density at radius 1 is 1.09 bits per heavy atom. The highest BCUT2D eigenvalue weighted by atomic mass is 32.2. The summed E-state index contributed by atoms with van der Waals surface area (Å²) in [5, 5.41) is 4.49. The van der Waals surface area contributed by atoms with E-state index in [4.69, 9.17) is 26.1 Å². The molecule has 1 saturated heterocycles. The molecule has 2 aromatic heterocycles. The molecule has 0 atom stereocenters. The minimum atomic E-state index is -3.55. The first kappa shape index (κ1) is 22.4. The Morgan fingerprint density at radius 2 is 1.78 bits per heavy atom. The molecule has 0 bridgehead atoms. The molecule has 4 rings (SSSR count). The lowest BCUT2D eigenvalue weighted by Crippen LogP contribution is -2.48. The fourth-order valence-corrected chi connectivity index (χ4v) is 4.96. The molecular weight excluding hydrogens is 454 g/mol. The van der Waals surface area contributed by atoms with Crippen LogP contribution < -0.4 is 9.47 Å². The smallest absolute Gasteiger partial charge is 0.288 e. The highest BCUT2D eigenvalue weighted by Gasteiger charge is 2.29. The second-order valence-electron chi connectivity index (χ2n) is 7.13. The predicted molar refractivity (Wildman–Crippen MR) is 118 cm³/mol. The zero-order chi connectivity index (χ0) is 22.7. The van der Waals surface area contributed by atoms with Crippen LogP contribution in [0.2, 0.25) is 0 Å². The summed E-state index contributed by atoms with van der Waals surface area (Å²) in [4.78, 5) is 6.41. The molecule has 0 N–H and O–H groups in total. The standard InChI is InChI=1S/C20H23N5O5S2/c1-28-16-10-15(11-17(12-16)29-2)19-22-25(20(31)30-19)14-23-6-8-24(9-7-23)32(26,27)18-4-3-5-21-13-18/h3-5,10-13H,6-9,14H2,1-2H3. The minimum absolute atomic E-state index is 0.200. The largest absolute Gasteiger partial charge is 0.497 e. The molecule has 1 aliphatic rings. The van der Waals surface area contributed by atoms with Crippen LogP contribution in [0.15, 0.2) is 52.0 Å². The lowest BCUT2D eigenvalue weighted by atomic mass is 10.2. The molecule has 0 unspecified atom stereocenters. The zero-order valence-electron chi connectivity index (χ0n) is 17.7. The van der Waals surface area contributed by atoms with Gasteiger partial charge in [-0.3, -0.25) is 9.88 Å². The summed E-state index contributed by atoms with van der Waals surface area (Å²) in [6, 6.07) is 8.50. The van der Waals surface area contributed by atoms with Crippen molar-refractivity contribution in [3.8, 4) is 23.0 Å². The third kappa shape index (κ3) is 4.67. The topological polar surface area (TPSA) is 103 Å². The van der Waals surface area contributed by atoms with Crippen molar-refractivity contribution < 1.29 is 22.3 Å². The van der Waals surface area contributed by atoms with Gasteiger partial charge in [-0.05, 0) is 36.5 Å². The van der Waals surface area contributed by atoms with E-state index in [-0.39, 0.29) is 9.73 Å². The quantitative estimate of drug-likeness (QED) is 0.474. The summed E-state index contributed by atoms with van der Waals surface area (Å²) >= 11 is 5.34. The minimum Gasteiger partial charge on any atom is -0.497 e. The normalized spacial score (nSPS) is 15.6. The first-order valence-corrected chi connectivity index (χ1v) is 11.7. The van der Waals surface area contributed by atoms with E-state index in [1.165, 1.54) is 10.5 Å². The van der Waals surface area contributed by atoms with Crippen LogP contribution in [0, 0.1) is 4.84 Å². The van der Waals surface area contributed by atoms with Crippen molar-refractivity contribution in [2.24, 2.45) is 0 Å². The average Bonchev–Trinajstić information content (AvgIpc) is 3.19. The Balaban J connectivity index is 1.45. The van der Waals surface area contributed by atoms with E-state index >= 15 is 0 Å². The maximum absolute atomic E-state index is 12.8. The van der Waals surface area contributed by atoms with Crippen LogP contribution in [0.4, 0.5) is 0 Å². The van der Waals surface area contributed by atoms with Crippen LogP contribution in [0.5, 0.6) is 11.5 Å². The van der Waals surface area contributed by atoms with Gasteiger partial charge in [0.1, 0.15) is 16.4 Å². The molecule has 170 valence electrons. The maximum Gasteiger partial charge on any atom is 0.288 e. The maximum atomic E-state index is 12.8. The first-order valence-electron chi connectivity index (χ1n) is 9.84. The molecule has 0 spiro atoms. The molecule has 0 aliphatic carbocycles. The number of piperazine rings is 1. The molecule has 10 nitrogen and oxygen atoms in total. The van der Waals surface area contributed by atoms with E-state index in [0.29, 0.717) is 55.8 Å². The van der Waals surface area contributed by atoms with Gasteiger partial charge in [0.25, 0.3) is 4.84 Å². The summed E-state index contributed by atoms with van der Waals surface area (Å²) in [6.45, 7) is 2.20. The van der Waals surface area contributed by atoms with E-state index in [2.05, 4.69) is 15.0 Å². The van der Waals surface area contributed by atoms with Gasteiger partial charge in [-0.1, -0.05) is 0 Å². The van der Waals surface area contributed by atoms with Crippen molar-refractivity contribution in [1.29, 1.82) is 0 Å². The Morgan fingerprint density at radius 3 is 2.38 bits per heavy atom. The zero-order valence-corrected chi connectivity index (χ0v) is 19.3. The molecule has 0 amide bonds. The van der Waals surface area contributed by atoms with Gasteiger partial charge < -0.3 is 13.9 Å². The van der Waals surface area contributed by atoms with Crippen LogP contribution >= 0.6 is 12.2 Å². The van der Waals surface area contributed by atoms with Gasteiger partial charge in [0.05, 0.1) is 20.9 Å². The lowest BCUT2D eigenvalue weighted by Gasteiger charge is -2.33. The van der Waals surface area contributed by atoms with Gasteiger partial charge in [-0.25, -0.2) is 13.1 Å². The Labute approximate surface area is 191 Å². The fourth-order valence-electron chi connectivity index (χ4n) is 3.39. The molecule has 3 aromatic rings. The van der Waals surface area contributed by atoms with Gasteiger partial charge in [-0.15, -0.1) is 5.10 Å². The second-order valence-corrected chi connectivity index (χ2v) is 9.41. The Hall–Kier alpha value is -2.80. The molecule has 0 saturated carbocycles. The molecule has 12 heteroatoms. The number of nitrogens with zero attached hydrogens (tertiary/aromatic N) is 5. The molecule has 1 aromatic carbocycles. The number of methoxy groups -OCH3 is 2. The summed E-state index contributed by atoms with van der Waals surface area (Å²) in [5.74, 6) is 1.58. The number of hydrogen-bond acceptors (Lipinski definition) is 9. The molecule has 1 aliphatic heterocycles. The van der Waals surface area contributed by atoms with E-state index < -0.39 is 10.0 Å². The van der Waals surface area contributed by atoms with Crippen LogP contribution in [0.3, 0.4) is 0 Å². The van der Waals surface area contributed by atoms with Crippen molar-refractivity contribution in [3.63, 3.8) is 0 Å². The molecule has 32 heavy (non-hydrogen) atoms. The average molecular weight is 478 g/mol. The number of ether oxygens (including phenoxy) is 2. The number of hydrogen-bond donors (Lipinski definition) is 0. The summed E-state index contributed by atoms with van der Waals surface area (Å²) in [7, 11) is -0.412. The Kier molecular flexibility index (Phi) is 6.55. The van der Waals surface area contributed by atoms with Gasteiger partial charge in [-0.2, -0.15) is 4.31 Å². The van der Waals surface area contributed by atoms with Gasteiger partial charge in [0, 0.05) is 50.2 Å². The van der Waals surface area contributed by atoms with E-state index in [1.54, 1.807) is 55.4 Å². The van der Waals surface area contributed by atoms with Gasteiger partial charge in [0.15, 0.2) is 0 Å². The summed E-state index contributed by atoms with van der Waals surface area (Å²) in [6.07, 6.45) is 2.92. The lowest BCUT2D eigenvalue weighted by molar-refractivity contribution is 0.143. The fraction of sp³-hybridized carbons (Fsp3) is 0.350. The summed E-state index contributed by atoms with van der Waals surface area (Å²) < 4.78 is 44.9. The number of sulfonamides is 1. The number of rotatable bonds is 7. The van der Waals surface area contributed by atoms with E-state index in [0.717, 1.165) is 0 Å². The highest BCUT2D eigenvalue weighted by Crippen LogP contribution is 2.29. The highest BCUT2D eigenvalue weighted by molar-refractivity contribution is 7.89. The molecule has 3 heterocycles. The van der Waals surface area contributed by atoms with Crippen molar-refractivity contribution in [2.75, 3.05) is 40.4 Å². The van der Waals surface area contributed by atoms with Crippen molar-refractivity contribution >= 4 is 22.2 Å².